The van der Waals surface area contributed by atoms with Gasteiger partial charge in [0.05, 0.1) is 6.20 Å². The Morgan fingerprint density at radius 2 is 2.15 bits per heavy atom. The molecule has 0 radical (unpaired) electrons. The van der Waals surface area contributed by atoms with Crippen molar-refractivity contribution in [1.29, 1.82) is 0 Å². The van der Waals surface area contributed by atoms with E-state index in [0.717, 1.165) is 30.9 Å². The Morgan fingerprint density at radius 1 is 1.40 bits per heavy atom. The molecule has 0 aromatic carbocycles. The monoisotopic (exact) mass is 277 g/mol. The summed E-state index contributed by atoms with van der Waals surface area (Å²) in [6, 6.07) is 1.59. The van der Waals surface area contributed by atoms with Crippen molar-refractivity contribution in [1.82, 2.24) is 10.3 Å². The van der Waals surface area contributed by atoms with E-state index in [2.05, 4.69) is 49.0 Å². The lowest BCUT2D eigenvalue weighted by Gasteiger charge is -2.29. The zero-order chi connectivity index (χ0) is 14.8. The van der Waals surface area contributed by atoms with E-state index in [1.54, 1.807) is 6.07 Å². The molecule has 0 unspecified atom stereocenters. The predicted octanol–water partition coefficient (Wildman–Crippen LogP) is 3.27. The number of pyridine rings is 1. The van der Waals surface area contributed by atoms with E-state index in [9.17, 15) is 4.39 Å². The number of anilines is 1. The highest BCUT2D eigenvalue weighted by molar-refractivity contribution is 5.48. The van der Waals surface area contributed by atoms with Crippen molar-refractivity contribution >= 4 is 5.82 Å². The van der Waals surface area contributed by atoms with E-state index in [4.69, 9.17) is 0 Å². The van der Waals surface area contributed by atoms with Gasteiger partial charge in [-0.25, -0.2) is 9.37 Å². The van der Waals surface area contributed by atoms with Crippen LogP contribution in [0.25, 0.3) is 0 Å². The van der Waals surface area contributed by atoms with Gasteiger partial charge in [-0.2, -0.15) is 0 Å². The fourth-order valence-corrected chi connectivity index (χ4v) is 2.21. The molecule has 1 aromatic rings. The predicted molar refractivity (Wildman–Crippen MR) is 81.4 cm³/mol. The van der Waals surface area contributed by atoms with E-state index in [1.807, 2.05) is 0 Å². The molecule has 1 aromatic heterocycles. The van der Waals surface area contributed by atoms with Crippen LogP contribution in [0.15, 0.2) is 23.9 Å². The van der Waals surface area contributed by atoms with E-state index in [-0.39, 0.29) is 11.4 Å². The number of hydrogen-bond donors (Lipinski definition) is 1. The topological polar surface area (TPSA) is 28.2 Å². The molecule has 1 aliphatic heterocycles. The zero-order valence-electron chi connectivity index (χ0n) is 12.8. The molecule has 110 valence electrons. The maximum atomic E-state index is 13.5. The van der Waals surface area contributed by atoms with Gasteiger partial charge in [0.1, 0.15) is 11.6 Å². The van der Waals surface area contributed by atoms with Gasteiger partial charge in [-0.1, -0.05) is 11.6 Å². The van der Waals surface area contributed by atoms with Crippen LogP contribution in [0.2, 0.25) is 0 Å². The van der Waals surface area contributed by atoms with Crippen LogP contribution in [-0.2, 0) is 6.54 Å². The van der Waals surface area contributed by atoms with E-state index in [0.29, 0.717) is 6.54 Å². The van der Waals surface area contributed by atoms with Crippen molar-refractivity contribution in [2.45, 2.75) is 46.2 Å². The Hall–Kier alpha value is -1.42. The standard InChI is InChI=1S/C16H24FN3/c1-12-5-7-20(8-6-12)15-13(9-14(17)11-18-15)10-19-16(2,3)4/h5,9,11,19H,6-8,10H2,1-4H3. The number of rotatable bonds is 3. The largest absolute Gasteiger partial charge is 0.352 e. The molecule has 0 spiro atoms. The fourth-order valence-electron chi connectivity index (χ4n) is 2.21. The first-order valence-corrected chi connectivity index (χ1v) is 7.15. The Kier molecular flexibility index (Phi) is 4.43. The molecule has 0 atom stereocenters. The zero-order valence-corrected chi connectivity index (χ0v) is 12.8. The van der Waals surface area contributed by atoms with Crippen LogP contribution in [0.3, 0.4) is 0 Å². The molecule has 4 heteroatoms. The van der Waals surface area contributed by atoms with Crippen LogP contribution >= 0.6 is 0 Å². The number of aromatic nitrogens is 1. The van der Waals surface area contributed by atoms with Gasteiger partial charge in [-0.15, -0.1) is 0 Å². The maximum Gasteiger partial charge on any atom is 0.141 e. The Balaban J connectivity index is 2.19. The van der Waals surface area contributed by atoms with Gasteiger partial charge < -0.3 is 10.2 Å². The fraction of sp³-hybridized carbons (Fsp3) is 0.562. The lowest BCUT2D eigenvalue weighted by atomic mass is 10.1. The molecular weight excluding hydrogens is 253 g/mol. The molecule has 0 fully saturated rings. The molecule has 1 N–H and O–H groups in total. The Bertz CT molecular complexity index is 503. The second-order valence-electron chi connectivity index (χ2n) is 6.49. The summed E-state index contributed by atoms with van der Waals surface area (Å²) in [5.74, 6) is 0.620. The quantitative estimate of drug-likeness (QED) is 0.860. The van der Waals surface area contributed by atoms with Crippen molar-refractivity contribution in [3.8, 4) is 0 Å². The summed E-state index contributed by atoms with van der Waals surface area (Å²) in [6.45, 7) is 10.9. The van der Waals surface area contributed by atoms with E-state index >= 15 is 0 Å². The summed E-state index contributed by atoms with van der Waals surface area (Å²) >= 11 is 0. The molecule has 20 heavy (non-hydrogen) atoms. The third-order valence-electron chi connectivity index (χ3n) is 3.45. The van der Waals surface area contributed by atoms with Gasteiger partial charge in [0.2, 0.25) is 0 Å². The molecule has 3 nitrogen and oxygen atoms in total. The van der Waals surface area contributed by atoms with Gasteiger partial charge in [-0.3, -0.25) is 0 Å². The number of hydrogen-bond acceptors (Lipinski definition) is 3. The van der Waals surface area contributed by atoms with Gasteiger partial charge in [-0.05, 0) is 40.2 Å². The van der Waals surface area contributed by atoms with E-state index in [1.165, 1.54) is 11.8 Å². The van der Waals surface area contributed by atoms with Crippen LogP contribution in [0.4, 0.5) is 10.2 Å². The van der Waals surface area contributed by atoms with E-state index < -0.39 is 0 Å². The number of halogens is 1. The first-order valence-electron chi connectivity index (χ1n) is 7.15. The first kappa shape index (κ1) is 15.0. The normalized spacial score (nSPS) is 16.2. The maximum absolute atomic E-state index is 13.5. The SMILES string of the molecule is CC1=CCN(c2ncc(F)cc2CNC(C)(C)C)CC1. The number of nitrogens with zero attached hydrogens (tertiary/aromatic N) is 2. The highest BCUT2D eigenvalue weighted by Gasteiger charge is 2.17. The van der Waals surface area contributed by atoms with Gasteiger partial charge in [0.15, 0.2) is 0 Å². The average Bonchev–Trinajstić information content (AvgIpc) is 2.37. The van der Waals surface area contributed by atoms with Crippen molar-refractivity contribution in [3.63, 3.8) is 0 Å². The molecule has 0 aliphatic carbocycles. The molecular formula is C16H24FN3. The second kappa shape index (κ2) is 5.92. The van der Waals surface area contributed by atoms with Crippen LogP contribution in [-0.4, -0.2) is 23.6 Å². The third kappa shape index (κ3) is 4.04. The summed E-state index contributed by atoms with van der Waals surface area (Å²) in [4.78, 5) is 6.52. The van der Waals surface area contributed by atoms with Gasteiger partial charge >= 0.3 is 0 Å². The van der Waals surface area contributed by atoms with Crippen molar-refractivity contribution < 1.29 is 4.39 Å². The minimum absolute atomic E-state index is 0.00196. The lowest BCUT2D eigenvalue weighted by molar-refractivity contribution is 0.423. The molecule has 2 rings (SSSR count). The van der Waals surface area contributed by atoms with Crippen molar-refractivity contribution in [2.24, 2.45) is 0 Å². The molecule has 0 bridgehead atoms. The number of nitrogens with one attached hydrogen (secondary N) is 1. The van der Waals surface area contributed by atoms with Gasteiger partial charge in [0, 0.05) is 30.7 Å². The highest BCUT2D eigenvalue weighted by atomic mass is 19.1. The van der Waals surface area contributed by atoms with Gasteiger partial charge in [0.25, 0.3) is 0 Å². The smallest absolute Gasteiger partial charge is 0.141 e. The van der Waals surface area contributed by atoms with Crippen LogP contribution in [0.5, 0.6) is 0 Å². The summed E-state index contributed by atoms with van der Waals surface area (Å²) in [5, 5.41) is 3.40. The summed E-state index contributed by atoms with van der Waals surface area (Å²) < 4.78 is 13.5. The Morgan fingerprint density at radius 3 is 2.75 bits per heavy atom. The second-order valence-corrected chi connectivity index (χ2v) is 6.49. The first-order chi connectivity index (χ1) is 9.35. The minimum atomic E-state index is -0.275. The summed E-state index contributed by atoms with van der Waals surface area (Å²) in [5.41, 5.74) is 2.34. The molecule has 1 aliphatic rings. The highest BCUT2D eigenvalue weighted by Crippen LogP contribution is 2.22. The van der Waals surface area contributed by atoms with Crippen molar-refractivity contribution in [2.75, 3.05) is 18.0 Å². The van der Waals surface area contributed by atoms with Crippen molar-refractivity contribution in [3.05, 3.63) is 35.3 Å². The van der Waals surface area contributed by atoms with Crippen LogP contribution in [0.1, 0.15) is 39.7 Å². The summed E-state index contributed by atoms with van der Waals surface area (Å²) in [7, 11) is 0. The third-order valence-corrected chi connectivity index (χ3v) is 3.45. The minimum Gasteiger partial charge on any atom is -0.352 e. The Labute approximate surface area is 120 Å². The molecule has 2 heterocycles. The van der Waals surface area contributed by atoms with Crippen LogP contribution < -0.4 is 10.2 Å². The molecule has 0 amide bonds. The van der Waals surface area contributed by atoms with Crippen LogP contribution in [0, 0.1) is 5.82 Å². The average molecular weight is 277 g/mol. The molecule has 0 saturated heterocycles. The summed E-state index contributed by atoms with van der Waals surface area (Å²) in [6.07, 6.45) is 4.57. The lowest BCUT2D eigenvalue weighted by Crippen LogP contribution is -2.36. The molecule has 0 saturated carbocycles.